The van der Waals surface area contributed by atoms with Gasteiger partial charge in [0.05, 0.1) is 0 Å². The van der Waals surface area contributed by atoms with Gasteiger partial charge in [-0.1, -0.05) is 32.8 Å². The number of ether oxygens (including phenoxy) is 1. The number of aromatic nitrogens is 1. The first-order chi connectivity index (χ1) is 13.3. The fourth-order valence-electron chi connectivity index (χ4n) is 3.73. The lowest BCUT2D eigenvalue weighted by atomic mass is 9.96. The van der Waals surface area contributed by atoms with Crippen LogP contribution in [0.5, 0.6) is 0 Å². The van der Waals surface area contributed by atoms with E-state index in [1.807, 2.05) is 40.0 Å². The van der Waals surface area contributed by atoms with Crippen LogP contribution >= 0.6 is 0 Å². The van der Waals surface area contributed by atoms with E-state index in [0.717, 1.165) is 13.0 Å². The summed E-state index contributed by atoms with van der Waals surface area (Å²) in [5.74, 6) is 0.670. The molecule has 0 aliphatic carbocycles. The maximum atomic E-state index is 12.8. The molecule has 158 valence electrons. The van der Waals surface area contributed by atoms with Crippen LogP contribution in [-0.4, -0.2) is 40.7 Å². The smallest absolute Gasteiger partial charge is 0.416 e. The van der Waals surface area contributed by atoms with Crippen molar-refractivity contribution in [2.45, 2.75) is 97.8 Å². The number of amides is 1. The lowest BCUT2D eigenvalue weighted by molar-refractivity contribution is 0.0566. The van der Waals surface area contributed by atoms with Crippen LogP contribution in [0.2, 0.25) is 0 Å². The largest absolute Gasteiger partial charge is 0.443 e. The standard InChI is InChI=1S/C23H39N3O2/c1-7-9-15-25-16-11-10-12-20(25)19-13-14-21(24-17-19)26(18(3)8-2)22(27)28-23(4,5)6/h13-14,17-18,20H,7-12,15-16H2,1-6H3/t18-,20-/m1/s1. The highest BCUT2D eigenvalue weighted by Crippen LogP contribution is 2.32. The summed E-state index contributed by atoms with van der Waals surface area (Å²) in [4.78, 5) is 21.7. The van der Waals surface area contributed by atoms with E-state index in [-0.39, 0.29) is 12.1 Å². The summed E-state index contributed by atoms with van der Waals surface area (Å²) in [6.07, 6.45) is 8.68. The van der Waals surface area contributed by atoms with Gasteiger partial charge in [0.2, 0.25) is 0 Å². The number of nitrogens with zero attached hydrogens (tertiary/aromatic N) is 3. The Morgan fingerprint density at radius 2 is 2.07 bits per heavy atom. The SMILES string of the molecule is CCCCN1CCCC[C@@H]1c1ccc(N(C(=O)OC(C)(C)C)[C@H](C)CC)nc1. The number of unbranched alkanes of at least 4 members (excludes halogenated alkanes) is 1. The number of hydrogen-bond acceptors (Lipinski definition) is 4. The van der Waals surface area contributed by atoms with E-state index in [1.165, 1.54) is 44.2 Å². The fraction of sp³-hybridized carbons (Fsp3) is 0.739. The Bertz CT molecular complexity index is 609. The zero-order chi connectivity index (χ0) is 20.7. The molecule has 2 heterocycles. The molecule has 0 unspecified atom stereocenters. The summed E-state index contributed by atoms with van der Waals surface area (Å²) in [6, 6.07) is 4.61. The van der Waals surface area contributed by atoms with E-state index < -0.39 is 5.60 Å². The Labute approximate surface area is 171 Å². The van der Waals surface area contributed by atoms with Gasteiger partial charge in [-0.25, -0.2) is 9.78 Å². The minimum Gasteiger partial charge on any atom is -0.443 e. The molecule has 1 amide bonds. The van der Waals surface area contributed by atoms with Crippen molar-refractivity contribution >= 4 is 11.9 Å². The summed E-state index contributed by atoms with van der Waals surface area (Å²) in [6.45, 7) is 14.4. The van der Waals surface area contributed by atoms with E-state index in [9.17, 15) is 4.79 Å². The molecule has 0 aromatic carbocycles. The molecule has 28 heavy (non-hydrogen) atoms. The van der Waals surface area contributed by atoms with Crippen LogP contribution in [-0.2, 0) is 4.74 Å². The number of piperidine rings is 1. The summed E-state index contributed by atoms with van der Waals surface area (Å²) in [5, 5.41) is 0. The van der Waals surface area contributed by atoms with Gasteiger partial charge in [0.25, 0.3) is 0 Å². The van der Waals surface area contributed by atoms with Crippen molar-refractivity contribution in [1.29, 1.82) is 0 Å². The molecular weight excluding hydrogens is 350 g/mol. The Hall–Kier alpha value is -1.62. The molecule has 1 fully saturated rings. The molecule has 0 N–H and O–H groups in total. The first kappa shape index (κ1) is 22.7. The molecule has 1 aromatic heterocycles. The average molecular weight is 390 g/mol. The Morgan fingerprint density at radius 1 is 1.32 bits per heavy atom. The summed E-state index contributed by atoms with van der Waals surface area (Å²) in [7, 11) is 0. The summed E-state index contributed by atoms with van der Waals surface area (Å²) < 4.78 is 5.62. The quantitative estimate of drug-likeness (QED) is 0.578. The maximum absolute atomic E-state index is 12.8. The van der Waals surface area contributed by atoms with Gasteiger partial charge in [-0.3, -0.25) is 9.80 Å². The highest BCUT2D eigenvalue weighted by atomic mass is 16.6. The molecule has 5 heteroatoms. The van der Waals surface area contributed by atoms with Crippen molar-refractivity contribution in [2.75, 3.05) is 18.0 Å². The highest BCUT2D eigenvalue weighted by Gasteiger charge is 2.28. The van der Waals surface area contributed by atoms with Crippen molar-refractivity contribution in [1.82, 2.24) is 9.88 Å². The molecule has 1 saturated heterocycles. The topological polar surface area (TPSA) is 45.7 Å². The summed E-state index contributed by atoms with van der Waals surface area (Å²) in [5.41, 5.74) is 0.734. The number of pyridine rings is 1. The second-order valence-corrected chi connectivity index (χ2v) is 8.96. The number of carbonyl (C=O) groups excluding carboxylic acids is 1. The van der Waals surface area contributed by atoms with E-state index in [4.69, 9.17) is 4.74 Å². The molecule has 0 spiro atoms. The van der Waals surface area contributed by atoms with E-state index >= 15 is 0 Å². The van der Waals surface area contributed by atoms with Gasteiger partial charge in [-0.2, -0.15) is 0 Å². The second kappa shape index (κ2) is 10.2. The van der Waals surface area contributed by atoms with Crippen molar-refractivity contribution in [3.8, 4) is 0 Å². The van der Waals surface area contributed by atoms with E-state index in [1.54, 1.807) is 4.90 Å². The number of carbonyl (C=O) groups is 1. The number of hydrogen-bond donors (Lipinski definition) is 0. The minimum absolute atomic E-state index is 0.0314. The van der Waals surface area contributed by atoms with Gasteiger partial charge in [-0.15, -0.1) is 0 Å². The molecule has 2 rings (SSSR count). The molecule has 0 radical (unpaired) electrons. The molecule has 5 nitrogen and oxygen atoms in total. The van der Waals surface area contributed by atoms with Crippen LogP contribution in [0.4, 0.5) is 10.6 Å². The van der Waals surface area contributed by atoms with Gasteiger partial charge in [0.15, 0.2) is 0 Å². The molecular formula is C23H39N3O2. The molecule has 1 aliphatic rings. The van der Waals surface area contributed by atoms with Crippen LogP contribution in [0.1, 0.15) is 91.7 Å². The zero-order valence-corrected chi connectivity index (χ0v) is 18.7. The third kappa shape index (κ3) is 6.20. The van der Waals surface area contributed by atoms with Gasteiger partial charge in [0.1, 0.15) is 11.4 Å². The van der Waals surface area contributed by atoms with E-state index in [0.29, 0.717) is 11.9 Å². The van der Waals surface area contributed by atoms with Gasteiger partial charge in [-0.05, 0) is 78.1 Å². The van der Waals surface area contributed by atoms with Crippen LogP contribution in [0.15, 0.2) is 18.3 Å². The van der Waals surface area contributed by atoms with Gasteiger partial charge >= 0.3 is 6.09 Å². The third-order valence-corrected chi connectivity index (χ3v) is 5.44. The monoisotopic (exact) mass is 389 g/mol. The fourth-order valence-corrected chi connectivity index (χ4v) is 3.73. The lowest BCUT2D eigenvalue weighted by Gasteiger charge is -2.36. The van der Waals surface area contributed by atoms with Crippen LogP contribution in [0, 0.1) is 0 Å². The van der Waals surface area contributed by atoms with Crippen molar-refractivity contribution in [3.63, 3.8) is 0 Å². The van der Waals surface area contributed by atoms with Crippen LogP contribution in [0.3, 0.4) is 0 Å². The Kier molecular flexibility index (Phi) is 8.29. The van der Waals surface area contributed by atoms with Crippen molar-refractivity contribution < 1.29 is 9.53 Å². The van der Waals surface area contributed by atoms with Crippen LogP contribution in [0.25, 0.3) is 0 Å². The predicted octanol–water partition coefficient (Wildman–Crippen LogP) is 5.95. The number of rotatable bonds is 7. The molecule has 0 bridgehead atoms. The zero-order valence-electron chi connectivity index (χ0n) is 18.7. The van der Waals surface area contributed by atoms with Crippen molar-refractivity contribution in [3.05, 3.63) is 23.9 Å². The Balaban J connectivity index is 2.20. The summed E-state index contributed by atoms with van der Waals surface area (Å²) >= 11 is 0. The van der Waals surface area contributed by atoms with E-state index in [2.05, 4.69) is 29.8 Å². The maximum Gasteiger partial charge on any atom is 0.416 e. The van der Waals surface area contributed by atoms with Crippen molar-refractivity contribution in [2.24, 2.45) is 0 Å². The third-order valence-electron chi connectivity index (χ3n) is 5.44. The first-order valence-electron chi connectivity index (χ1n) is 11.0. The molecule has 0 saturated carbocycles. The van der Waals surface area contributed by atoms with Gasteiger partial charge in [0, 0.05) is 18.3 Å². The number of anilines is 1. The highest BCUT2D eigenvalue weighted by molar-refractivity contribution is 5.87. The minimum atomic E-state index is -0.523. The molecule has 2 atom stereocenters. The molecule has 1 aliphatic heterocycles. The molecule has 1 aromatic rings. The normalized spacial score (nSPS) is 19.3. The Morgan fingerprint density at radius 3 is 2.64 bits per heavy atom. The average Bonchev–Trinajstić information content (AvgIpc) is 2.65. The van der Waals surface area contributed by atoms with Gasteiger partial charge < -0.3 is 4.74 Å². The number of likely N-dealkylation sites (tertiary alicyclic amines) is 1. The first-order valence-corrected chi connectivity index (χ1v) is 11.0. The van der Waals surface area contributed by atoms with Crippen LogP contribution < -0.4 is 4.90 Å². The lowest BCUT2D eigenvalue weighted by Crippen LogP contribution is -2.42. The second-order valence-electron chi connectivity index (χ2n) is 8.96. The predicted molar refractivity (Wildman–Crippen MR) is 116 cm³/mol.